The molecule has 6 nitrogen and oxygen atoms in total. The zero-order valence-electron chi connectivity index (χ0n) is 13.9. The molecular formula is C19H16ClN3O3. The normalized spacial score (nSPS) is 13.3. The van der Waals surface area contributed by atoms with Crippen LogP contribution in [0.25, 0.3) is 11.5 Å². The summed E-state index contributed by atoms with van der Waals surface area (Å²) in [4.78, 5) is 21.0. The maximum atomic E-state index is 12.3. The van der Waals surface area contributed by atoms with Gasteiger partial charge in [0.1, 0.15) is 6.26 Å². The number of carbonyl (C=O) groups is 1. The van der Waals surface area contributed by atoms with Crippen LogP contribution < -0.4 is 5.32 Å². The number of halogens is 1. The highest BCUT2D eigenvalue weighted by atomic mass is 35.5. The van der Waals surface area contributed by atoms with Crippen LogP contribution in [0.15, 0.2) is 47.2 Å². The molecule has 0 bridgehead atoms. The van der Waals surface area contributed by atoms with E-state index >= 15 is 0 Å². The molecule has 1 aliphatic rings. The number of nitrogens with one attached hydrogen (secondary N) is 1. The van der Waals surface area contributed by atoms with E-state index in [1.807, 2.05) is 18.2 Å². The average molecular weight is 370 g/mol. The predicted molar refractivity (Wildman–Crippen MR) is 96.9 cm³/mol. The molecule has 132 valence electrons. The van der Waals surface area contributed by atoms with E-state index in [-0.39, 0.29) is 12.3 Å². The van der Waals surface area contributed by atoms with Gasteiger partial charge in [-0.1, -0.05) is 11.6 Å². The molecule has 1 aliphatic heterocycles. The summed E-state index contributed by atoms with van der Waals surface area (Å²) in [5.74, 6) is 0.275. The van der Waals surface area contributed by atoms with Crippen molar-refractivity contribution in [3.8, 4) is 11.5 Å². The first-order valence-corrected chi connectivity index (χ1v) is 8.61. The van der Waals surface area contributed by atoms with Crippen LogP contribution in [0.3, 0.4) is 0 Å². The second-order valence-corrected chi connectivity index (χ2v) is 6.44. The number of carbonyl (C=O) groups excluding carboxylic acids is 1. The predicted octanol–water partition coefficient (Wildman–Crippen LogP) is 3.64. The number of fused-ring (bicyclic) bond motifs is 1. The second kappa shape index (κ2) is 7.27. The first kappa shape index (κ1) is 16.8. The number of aromatic nitrogens is 2. The lowest BCUT2D eigenvalue weighted by molar-refractivity contribution is -0.115. The minimum Gasteiger partial charge on any atom is -0.444 e. The Hall–Kier alpha value is -2.70. The Bertz CT molecular complexity index is 937. The molecule has 0 saturated carbocycles. The lowest BCUT2D eigenvalue weighted by atomic mass is 10.1. The summed E-state index contributed by atoms with van der Waals surface area (Å²) in [5.41, 5.74) is 4.06. The fraction of sp³-hybridized carbons (Fsp3) is 0.211. The molecule has 0 atom stereocenters. The minimum absolute atomic E-state index is 0.116. The summed E-state index contributed by atoms with van der Waals surface area (Å²) in [6, 6.07) is 9.07. The molecule has 0 saturated heterocycles. The maximum Gasteiger partial charge on any atom is 0.230 e. The molecule has 4 rings (SSSR count). The molecular weight excluding hydrogens is 354 g/mol. The molecule has 1 N–H and O–H groups in total. The summed E-state index contributed by atoms with van der Waals surface area (Å²) >= 11 is 5.88. The van der Waals surface area contributed by atoms with Gasteiger partial charge < -0.3 is 14.5 Å². The van der Waals surface area contributed by atoms with E-state index in [9.17, 15) is 4.79 Å². The van der Waals surface area contributed by atoms with Crippen molar-refractivity contribution in [2.45, 2.75) is 19.4 Å². The Labute approximate surface area is 155 Å². The Morgan fingerprint density at radius 1 is 1.27 bits per heavy atom. The largest absolute Gasteiger partial charge is 0.444 e. The van der Waals surface area contributed by atoms with Crippen molar-refractivity contribution in [2.75, 3.05) is 11.9 Å². The minimum atomic E-state index is -0.181. The summed E-state index contributed by atoms with van der Waals surface area (Å²) < 4.78 is 10.9. The Morgan fingerprint density at radius 3 is 2.96 bits per heavy atom. The molecule has 3 aromatic rings. The van der Waals surface area contributed by atoms with Gasteiger partial charge in [0.15, 0.2) is 0 Å². The van der Waals surface area contributed by atoms with Gasteiger partial charge in [-0.2, -0.15) is 0 Å². The standard InChI is InChI=1S/C19H16ClN3O3/c20-14-3-1-12(2-4-14)19-23-16(11-26-19)8-18(24)22-15-7-13-10-25-6-5-17(13)21-9-15/h1-4,7,9,11H,5-6,8,10H2,(H,22,24). The number of hydrogen-bond donors (Lipinski definition) is 1. The molecule has 0 aliphatic carbocycles. The summed E-state index contributed by atoms with van der Waals surface area (Å²) in [5, 5.41) is 3.48. The number of rotatable bonds is 4. The SMILES string of the molecule is O=C(Cc1coc(-c2ccc(Cl)cc2)n1)Nc1cnc2c(c1)COCC2. The molecule has 26 heavy (non-hydrogen) atoms. The number of oxazole rings is 1. The van der Waals surface area contributed by atoms with Gasteiger partial charge in [-0.25, -0.2) is 4.98 Å². The molecule has 0 fully saturated rings. The van der Waals surface area contributed by atoms with Crippen molar-refractivity contribution in [2.24, 2.45) is 0 Å². The van der Waals surface area contributed by atoms with Crippen LogP contribution in [0.4, 0.5) is 5.69 Å². The monoisotopic (exact) mass is 369 g/mol. The van der Waals surface area contributed by atoms with Crippen LogP contribution in [0.5, 0.6) is 0 Å². The highest BCUT2D eigenvalue weighted by molar-refractivity contribution is 6.30. The smallest absolute Gasteiger partial charge is 0.230 e. The van der Waals surface area contributed by atoms with Gasteiger partial charge >= 0.3 is 0 Å². The number of anilines is 1. The van der Waals surface area contributed by atoms with E-state index in [1.165, 1.54) is 6.26 Å². The van der Waals surface area contributed by atoms with Gasteiger partial charge in [0.05, 0.1) is 37.2 Å². The second-order valence-electron chi connectivity index (χ2n) is 6.01. The van der Waals surface area contributed by atoms with Crippen LogP contribution in [0, 0.1) is 0 Å². The van der Waals surface area contributed by atoms with Crippen molar-refractivity contribution < 1.29 is 13.9 Å². The van der Waals surface area contributed by atoms with Crippen LogP contribution in [0.2, 0.25) is 5.02 Å². The van der Waals surface area contributed by atoms with Gasteiger partial charge in [0, 0.05) is 28.3 Å². The van der Waals surface area contributed by atoms with Crippen molar-refractivity contribution in [3.63, 3.8) is 0 Å². The van der Waals surface area contributed by atoms with E-state index in [4.69, 9.17) is 20.8 Å². The van der Waals surface area contributed by atoms with E-state index in [1.54, 1.807) is 18.3 Å². The molecule has 7 heteroatoms. The van der Waals surface area contributed by atoms with E-state index in [0.717, 1.165) is 23.2 Å². The van der Waals surface area contributed by atoms with Gasteiger partial charge in [-0.3, -0.25) is 9.78 Å². The van der Waals surface area contributed by atoms with Crippen LogP contribution in [-0.2, 0) is 29.0 Å². The van der Waals surface area contributed by atoms with E-state index in [0.29, 0.717) is 35.5 Å². The fourth-order valence-electron chi connectivity index (χ4n) is 2.79. The Balaban J connectivity index is 1.41. The van der Waals surface area contributed by atoms with Crippen molar-refractivity contribution in [1.29, 1.82) is 0 Å². The number of nitrogens with zero attached hydrogens (tertiary/aromatic N) is 2. The number of amides is 1. The van der Waals surface area contributed by atoms with Crippen LogP contribution in [0.1, 0.15) is 17.0 Å². The van der Waals surface area contributed by atoms with Gasteiger partial charge in [-0.05, 0) is 30.3 Å². The van der Waals surface area contributed by atoms with Crippen LogP contribution >= 0.6 is 11.6 Å². The van der Waals surface area contributed by atoms with Gasteiger partial charge in [0.25, 0.3) is 0 Å². The summed E-state index contributed by atoms with van der Waals surface area (Å²) in [7, 11) is 0. The zero-order valence-corrected chi connectivity index (χ0v) is 14.6. The highest BCUT2D eigenvalue weighted by Crippen LogP contribution is 2.22. The van der Waals surface area contributed by atoms with E-state index < -0.39 is 0 Å². The molecule has 1 amide bonds. The molecule has 0 radical (unpaired) electrons. The third kappa shape index (κ3) is 3.76. The van der Waals surface area contributed by atoms with Crippen molar-refractivity contribution >= 4 is 23.2 Å². The lowest BCUT2D eigenvalue weighted by Gasteiger charge is -2.16. The topological polar surface area (TPSA) is 77.3 Å². The number of hydrogen-bond acceptors (Lipinski definition) is 5. The lowest BCUT2D eigenvalue weighted by Crippen LogP contribution is -2.17. The first-order chi connectivity index (χ1) is 12.7. The number of pyridine rings is 1. The van der Waals surface area contributed by atoms with Gasteiger partial charge in [0.2, 0.25) is 11.8 Å². The zero-order chi connectivity index (χ0) is 17.9. The highest BCUT2D eigenvalue weighted by Gasteiger charge is 2.14. The molecule has 0 spiro atoms. The number of ether oxygens (including phenoxy) is 1. The van der Waals surface area contributed by atoms with Gasteiger partial charge in [-0.15, -0.1) is 0 Å². The van der Waals surface area contributed by atoms with E-state index in [2.05, 4.69) is 15.3 Å². The van der Waals surface area contributed by atoms with Crippen molar-refractivity contribution in [3.05, 3.63) is 64.8 Å². The molecule has 3 heterocycles. The third-order valence-corrected chi connectivity index (χ3v) is 4.32. The maximum absolute atomic E-state index is 12.3. The Morgan fingerprint density at radius 2 is 2.12 bits per heavy atom. The molecule has 1 aromatic carbocycles. The quantitative estimate of drug-likeness (QED) is 0.759. The number of benzene rings is 1. The summed E-state index contributed by atoms with van der Waals surface area (Å²) in [6.45, 7) is 1.22. The van der Waals surface area contributed by atoms with Crippen molar-refractivity contribution in [1.82, 2.24) is 9.97 Å². The molecule has 2 aromatic heterocycles. The molecule has 0 unspecified atom stereocenters. The summed E-state index contributed by atoms with van der Waals surface area (Å²) in [6.07, 6.45) is 4.08. The van der Waals surface area contributed by atoms with Crippen LogP contribution in [-0.4, -0.2) is 22.5 Å². The Kier molecular flexibility index (Phi) is 4.69. The average Bonchev–Trinajstić information content (AvgIpc) is 3.10. The fourth-order valence-corrected chi connectivity index (χ4v) is 2.92. The first-order valence-electron chi connectivity index (χ1n) is 8.23. The third-order valence-electron chi connectivity index (χ3n) is 4.07.